The van der Waals surface area contributed by atoms with Crippen molar-refractivity contribution < 1.29 is 13.2 Å². The Morgan fingerprint density at radius 3 is 2.17 bits per heavy atom. The lowest BCUT2D eigenvalue weighted by atomic mass is 10.0. The van der Waals surface area contributed by atoms with Gasteiger partial charge in [-0.15, -0.1) is 0 Å². The predicted octanol–water partition coefficient (Wildman–Crippen LogP) is 3.82. The van der Waals surface area contributed by atoms with Gasteiger partial charge < -0.3 is 0 Å². The lowest BCUT2D eigenvalue weighted by Gasteiger charge is -2.28. The molecule has 18 heavy (non-hydrogen) atoms. The largest absolute Gasteiger partial charge is 0.406 e. The first-order valence-electron chi connectivity index (χ1n) is 6.41. The maximum atomic E-state index is 13.0. The van der Waals surface area contributed by atoms with Gasteiger partial charge in [0.25, 0.3) is 0 Å². The van der Waals surface area contributed by atoms with E-state index in [-0.39, 0.29) is 18.9 Å². The van der Waals surface area contributed by atoms with E-state index in [1.165, 1.54) is 0 Å². The molecule has 1 aromatic carbocycles. The highest BCUT2D eigenvalue weighted by Crippen LogP contribution is 2.52. The second-order valence-electron chi connectivity index (χ2n) is 5.45. The molecule has 2 saturated carbocycles. The topological polar surface area (TPSA) is 12.0 Å². The maximum Gasteiger partial charge on any atom is 0.406 e. The quantitative estimate of drug-likeness (QED) is 0.862. The van der Waals surface area contributed by atoms with Crippen molar-refractivity contribution >= 4 is 0 Å². The van der Waals surface area contributed by atoms with E-state index in [9.17, 15) is 13.2 Å². The Morgan fingerprint density at radius 2 is 1.72 bits per heavy atom. The summed E-state index contributed by atoms with van der Waals surface area (Å²) in [7, 11) is 0. The normalized spacial score (nSPS) is 23.7. The average molecular weight is 255 g/mol. The van der Waals surface area contributed by atoms with Crippen LogP contribution in [0.1, 0.15) is 37.3 Å². The van der Waals surface area contributed by atoms with Crippen molar-refractivity contribution in [1.82, 2.24) is 5.32 Å². The first-order chi connectivity index (χ1) is 8.52. The van der Waals surface area contributed by atoms with Crippen LogP contribution in [0.25, 0.3) is 0 Å². The zero-order chi connectivity index (χ0) is 12.8. The summed E-state index contributed by atoms with van der Waals surface area (Å²) in [6.07, 6.45) is -1.64. The third-order valence-corrected chi connectivity index (χ3v) is 3.98. The molecule has 1 unspecified atom stereocenters. The minimum Gasteiger partial charge on any atom is -0.296 e. The molecule has 98 valence electrons. The highest BCUT2D eigenvalue weighted by molar-refractivity contribution is 5.23. The molecule has 0 amide bonds. The molecule has 4 heteroatoms. The van der Waals surface area contributed by atoms with Crippen LogP contribution in [0.3, 0.4) is 0 Å². The van der Waals surface area contributed by atoms with E-state index < -0.39 is 11.7 Å². The standard InChI is InChI=1S/C14H16F3N/c15-14(16,17)13(8-9-13)18-12(11-6-7-11)10-4-2-1-3-5-10/h1-5,11-12,18H,6-9H2. The van der Waals surface area contributed by atoms with Gasteiger partial charge in [-0.05, 0) is 37.2 Å². The molecule has 3 rings (SSSR count). The number of alkyl halides is 3. The monoisotopic (exact) mass is 255 g/mol. The molecule has 1 aromatic rings. The van der Waals surface area contributed by atoms with Gasteiger partial charge in [-0.1, -0.05) is 30.3 Å². The Morgan fingerprint density at radius 1 is 1.11 bits per heavy atom. The Balaban J connectivity index is 1.80. The summed E-state index contributed by atoms with van der Waals surface area (Å²) in [5.41, 5.74) is -0.633. The molecule has 1 nitrogen and oxygen atoms in total. The van der Waals surface area contributed by atoms with Gasteiger partial charge in [-0.25, -0.2) is 0 Å². The SMILES string of the molecule is FC(F)(F)C1(NC(c2ccccc2)C2CC2)CC1. The highest BCUT2D eigenvalue weighted by atomic mass is 19.4. The van der Waals surface area contributed by atoms with Crippen molar-refractivity contribution in [1.29, 1.82) is 0 Å². The van der Waals surface area contributed by atoms with Crippen LogP contribution in [0.2, 0.25) is 0 Å². The molecule has 2 aliphatic carbocycles. The predicted molar refractivity (Wildman–Crippen MR) is 63.1 cm³/mol. The van der Waals surface area contributed by atoms with Gasteiger partial charge in [0.05, 0.1) is 0 Å². The zero-order valence-electron chi connectivity index (χ0n) is 10.0. The Kier molecular flexibility index (Phi) is 2.66. The van der Waals surface area contributed by atoms with E-state index in [4.69, 9.17) is 0 Å². The fourth-order valence-corrected chi connectivity index (χ4v) is 2.50. The third-order valence-electron chi connectivity index (χ3n) is 3.98. The van der Waals surface area contributed by atoms with Crippen LogP contribution in [-0.4, -0.2) is 11.7 Å². The molecule has 0 saturated heterocycles. The van der Waals surface area contributed by atoms with E-state index in [0.29, 0.717) is 5.92 Å². The van der Waals surface area contributed by atoms with Crippen molar-refractivity contribution in [3.63, 3.8) is 0 Å². The van der Waals surface area contributed by atoms with E-state index >= 15 is 0 Å². The van der Waals surface area contributed by atoms with Gasteiger partial charge in [-0.2, -0.15) is 13.2 Å². The Bertz CT molecular complexity index is 418. The molecular formula is C14H16F3N. The van der Waals surface area contributed by atoms with Crippen LogP contribution in [0.5, 0.6) is 0 Å². The molecule has 0 aromatic heterocycles. The van der Waals surface area contributed by atoms with E-state index in [1.807, 2.05) is 30.3 Å². The molecule has 0 heterocycles. The van der Waals surface area contributed by atoms with Crippen LogP contribution in [0.4, 0.5) is 13.2 Å². The Labute approximate surface area is 104 Å². The smallest absolute Gasteiger partial charge is 0.296 e. The Hall–Kier alpha value is -1.03. The minimum atomic E-state index is -4.13. The van der Waals surface area contributed by atoms with Gasteiger partial charge in [0.1, 0.15) is 5.54 Å². The summed E-state index contributed by atoms with van der Waals surface area (Å²) in [4.78, 5) is 0. The van der Waals surface area contributed by atoms with Crippen LogP contribution in [0.15, 0.2) is 30.3 Å². The van der Waals surface area contributed by atoms with Crippen molar-refractivity contribution in [2.24, 2.45) is 5.92 Å². The van der Waals surface area contributed by atoms with Crippen LogP contribution in [-0.2, 0) is 0 Å². The summed E-state index contributed by atoms with van der Waals surface area (Å²) >= 11 is 0. The van der Waals surface area contributed by atoms with Crippen molar-refractivity contribution in [2.45, 2.75) is 43.4 Å². The third kappa shape index (κ3) is 2.14. The van der Waals surface area contributed by atoms with Crippen LogP contribution in [0, 0.1) is 5.92 Å². The van der Waals surface area contributed by atoms with Gasteiger partial charge in [0, 0.05) is 6.04 Å². The lowest BCUT2D eigenvalue weighted by molar-refractivity contribution is -0.168. The highest BCUT2D eigenvalue weighted by Gasteiger charge is 2.64. The van der Waals surface area contributed by atoms with E-state index in [2.05, 4.69) is 5.32 Å². The van der Waals surface area contributed by atoms with Gasteiger partial charge >= 0.3 is 6.18 Å². The van der Waals surface area contributed by atoms with Gasteiger partial charge in [0.2, 0.25) is 0 Å². The van der Waals surface area contributed by atoms with Crippen LogP contribution < -0.4 is 5.32 Å². The van der Waals surface area contributed by atoms with Crippen LogP contribution >= 0.6 is 0 Å². The van der Waals surface area contributed by atoms with Crippen molar-refractivity contribution in [2.75, 3.05) is 0 Å². The number of hydrogen-bond donors (Lipinski definition) is 1. The molecule has 0 aliphatic heterocycles. The maximum absolute atomic E-state index is 13.0. The number of halogens is 3. The average Bonchev–Trinajstić information content (AvgIpc) is 3.19. The number of benzene rings is 1. The first kappa shape index (κ1) is 12.0. The second kappa shape index (κ2) is 3.98. The summed E-state index contributed by atoms with van der Waals surface area (Å²) < 4.78 is 39.0. The second-order valence-corrected chi connectivity index (χ2v) is 5.45. The summed E-state index contributed by atoms with van der Waals surface area (Å²) in [5.74, 6) is 0.368. The fraction of sp³-hybridized carbons (Fsp3) is 0.571. The fourth-order valence-electron chi connectivity index (χ4n) is 2.50. The summed E-state index contributed by atoms with van der Waals surface area (Å²) in [5, 5.41) is 2.90. The molecule has 0 spiro atoms. The van der Waals surface area contributed by atoms with Gasteiger partial charge in [0.15, 0.2) is 0 Å². The molecule has 2 aliphatic rings. The molecular weight excluding hydrogens is 239 g/mol. The summed E-state index contributed by atoms with van der Waals surface area (Å²) in [6.45, 7) is 0. The van der Waals surface area contributed by atoms with E-state index in [1.54, 1.807) is 0 Å². The van der Waals surface area contributed by atoms with Crippen molar-refractivity contribution in [3.8, 4) is 0 Å². The molecule has 0 bridgehead atoms. The number of nitrogens with one attached hydrogen (secondary N) is 1. The van der Waals surface area contributed by atoms with Gasteiger partial charge in [-0.3, -0.25) is 5.32 Å². The summed E-state index contributed by atoms with van der Waals surface area (Å²) in [6, 6.07) is 9.36. The zero-order valence-corrected chi connectivity index (χ0v) is 10.0. The lowest BCUT2D eigenvalue weighted by Crippen LogP contribution is -2.47. The molecule has 2 fully saturated rings. The molecule has 1 N–H and O–H groups in total. The molecule has 0 radical (unpaired) electrons. The van der Waals surface area contributed by atoms with Crippen molar-refractivity contribution in [3.05, 3.63) is 35.9 Å². The van der Waals surface area contributed by atoms with E-state index in [0.717, 1.165) is 18.4 Å². The number of rotatable bonds is 4. The molecule has 1 atom stereocenters. The first-order valence-corrected chi connectivity index (χ1v) is 6.41. The number of hydrogen-bond acceptors (Lipinski definition) is 1. The minimum absolute atomic E-state index is 0.143.